The number of benzene rings is 1. The topological polar surface area (TPSA) is 152 Å². The first kappa shape index (κ1) is 20.6. The Morgan fingerprint density at radius 3 is 1.19 bits per heavy atom. The second-order valence-corrected chi connectivity index (χ2v) is 3.18. The van der Waals surface area contributed by atoms with E-state index in [0.717, 1.165) is 6.08 Å². The fourth-order valence-corrected chi connectivity index (χ4v) is 0.755. The second kappa shape index (κ2) is 12.3. The van der Waals surface area contributed by atoms with Crippen LogP contribution in [0.5, 0.6) is 0 Å². The molecule has 0 heterocycles. The summed E-state index contributed by atoms with van der Waals surface area (Å²) in [5.74, 6) is -3.11. The summed E-state index contributed by atoms with van der Waals surface area (Å²) in [6.07, 6.45) is 0.833. The highest BCUT2D eigenvalue weighted by molar-refractivity contribution is 5.91. The molecule has 0 saturated carbocycles. The molecule has 116 valence electrons. The summed E-state index contributed by atoms with van der Waals surface area (Å²) in [6, 6.07) is 5.02. The van der Waals surface area contributed by atoms with Crippen LogP contribution in [-0.4, -0.2) is 56.7 Å². The molecule has 0 fully saturated rings. The van der Waals surface area contributed by atoms with E-state index in [1.807, 2.05) is 0 Å². The summed E-state index contributed by atoms with van der Waals surface area (Å²) in [5, 5.41) is 39.8. The number of aromatic carboxylic acids is 2. The Morgan fingerprint density at radius 2 is 1.10 bits per heavy atom. The average Bonchev–Trinajstić information content (AvgIpc) is 2.48. The molecule has 0 saturated heterocycles. The molecule has 0 aromatic heterocycles. The molecule has 0 radical (unpaired) electrons. The van der Waals surface area contributed by atoms with Gasteiger partial charge in [-0.05, 0) is 24.3 Å². The Morgan fingerprint density at radius 1 is 0.857 bits per heavy atom. The fourth-order valence-electron chi connectivity index (χ4n) is 0.755. The lowest BCUT2D eigenvalue weighted by molar-refractivity contribution is -0.131. The first-order valence-electron chi connectivity index (χ1n) is 5.43. The maximum absolute atomic E-state index is 10.3. The van der Waals surface area contributed by atoms with Crippen LogP contribution in [0.3, 0.4) is 0 Å². The number of carboxylic acids is 3. The molecule has 1 rings (SSSR count). The van der Waals surface area contributed by atoms with Crippen molar-refractivity contribution in [3.8, 4) is 0 Å². The van der Waals surface area contributed by atoms with Gasteiger partial charge in [0.2, 0.25) is 0 Å². The molecule has 0 amide bonds. The molecule has 8 heteroatoms. The Hall–Kier alpha value is -2.71. The van der Waals surface area contributed by atoms with Crippen LogP contribution in [0.4, 0.5) is 0 Å². The molecule has 21 heavy (non-hydrogen) atoms. The first-order valence-corrected chi connectivity index (χ1v) is 5.43. The Labute approximate surface area is 120 Å². The lowest BCUT2D eigenvalue weighted by atomic mass is 10.1. The van der Waals surface area contributed by atoms with Gasteiger partial charge in [-0.15, -0.1) is 0 Å². The van der Waals surface area contributed by atoms with Crippen LogP contribution in [0.25, 0.3) is 0 Å². The zero-order chi connectivity index (χ0) is 16.8. The van der Waals surface area contributed by atoms with Gasteiger partial charge in [0.1, 0.15) is 0 Å². The monoisotopic (exact) mass is 300 g/mol. The molecule has 0 unspecified atom stereocenters. The third kappa shape index (κ3) is 12.1. The van der Waals surface area contributed by atoms with Crippen molar-refractivity contribution in [2.45, 2.75) is 0 Å². The van der Waals surface area contributed by atoms with E-state index in [1.54, 1.807) is 0 Å². The molecule has 0 spiro atoms. The Kier molecular flexibility index (Phi) is 12.1. The summed E-state index contributed by atoms with van der Waals surface area (Å²) in [4.78, 5) is 29.9. The number of carbonyl (C=O) groups is 3. The molecule has 8 nitrogen and oxygen atoms in total. The van der Waals surface area contributed by atoms with Crippen LogP contribution >= 0.6 is 0 Å². The van der Waals surface area contributed by atoms with E-state index in [1.165, 1.54) is 24.3 Å². The van der Waals surface area contributed by atoms with E-state index in [0.29, 0.717) is 0 Å². The lowest BCUT2D eigenvalue weighted by Crippen LogP contribution is -1.99. The molecular formula is C13H16O8. The number of aliphatic hydroxyl groups excluding tert-OH is 2. The minimum atomic E-state index is -1.06. The zero-order valence-electron chi connectivity index (χ0n) is 11.0. The Bertz CT molecular complexity index is 429. The van der Waals surface area contributed by atoms with E-state index in [-0.39, 0.29) is 24.3 Å². The van der Waals surface area contributed by atoms with Gasteiger partial charge in [0.05, 0.1) is 24.3 Å². The van der Waals surface area contributed by atoms with Crippen molar-refractivity contribution in [2.24, 2.45) is 0 Å². The van der Waals surface area contributed by atoms with Crippen LogP contribution in [0, 0.1) is 0 Å². The highest BCUT2D eigenvalue weighted by Crippen LogP contribution is 2.03. The number of hydrogen-bond acceptors (Lipinski definition) is 5. The molecule has 0 aliphatic carbocycles. The van der Waals surface area contributed by atoms with Crippen molar-refractivity contribution in [3.05, 3.63) is 48.0 Å². The van der Waals surface area contributed by atoms with Gasteiger partial charge >= 0.3 is 17.9 Å². The smallest absolute Gasteiger partial charge is 0.335 e. The summed E-state index contributed by atoms with van der Waals surface area (Å²) in [5.41, 5.74) is 0.167. The predicted molar refractivity (Wildman–Crippen MR) is 72.4 cm³/mol. The number of rotatable bonds is 4. The highest BCUT2D eigenvalue weighted by Gasteiger charge is 2.04. The summed E-state index contributed by atoms with van der Waals surface area (Å²) in [6.45, 7) is 2.71. The first-order chi connectivity index (χ1) is 9.79. The number of aliphatic carboxylic acids is 1. The zero-order valence-corrected chi connectivity index (χ0v) is 11.0. The molecular weight excluding hydrogens is 284 g/mol. The molecule has 1 aromatic carbocycles. The van der Waals surface area contributed by atoms with E-state index in [9.17, 15) is 14.4 Å². The summed E-state index contributed by atoms with van der Waals surface area (Å²) >= 11 is 0. The molecule has 0 atom stereocenters. The average molecular weight is 300 g/mol. The maximum atomic E-state index is 10.3. The largest absolute Gasteiger partial charge is 0.478 e. The third-order valence-electron chi connectivity index (χ3n) is 1.65. The minimum Gasteiger partial charge on any atom is -0.478 e. The van der Waals surface area contributed by atoms with Gasteiger partial charge in [0.25, 0.3) is 0 Å². The maximum Gasteiger partial charge on any atom is 0.335 e. The number of hydrogen-bond donors (Lipinski definition) is 5. The predicted octanol–water partition coefficient (Wildman–Crippen LogP) is 0.311. The standard InChI is InChI=1S/C8H6O4.C3H4O2.C2H6O2/c9-7(10)5-1-2-6(4-3-5)8(11)12;1-2-3(4)5;3-1-2-4/h1-4H,(H,9,10)(H,11,12);2H,1H2,(H,4,5);3-4H,1-2H2. The van der Waals surface area contributed by atoms with Crippen LogP contribution in [0.1, 0.15) is 20.7 Å². The van der Waals surface area contributed by atoms with E-state index >= 15 is 0 Å². The SMILES string of the molecule is C=CC(=O)O.O=C(O)c1ccc(C(=O)O)cc1.OCCO. The summed E-state index contributed by atoms with van der Waals surface area (Å²) in [7, 11) is 0. The van der Waals surface area contributed by atoms with Crippen molar-refractivity contribution in [1.82, 2.24) is 0 Å². The van der Waals surface area contributed by atoms with E-state index < -0.39 is 17.9 Å². The van der Waals surface area contributed by atoms with Crippen LogP contribution in [0.15, 0.2) is 36.9 Å². The van der Waals surface area contributed by atoms with Crippen LogP contribution in [-0.2, 0) is 4.79 Å². The quantitative estimate of drug-likeness (QED) is 0.498. The van der Waals surface area contributed by atoms with Crippen LogP contribution < -0.4 is 0 Å². The lowest BCUT2D eigenvalue weighted by Gasteiger charge is -1.94. The van der Waals surface area contributed by atoms with Gasteiger partial charge in [-0.3, -0.25) is 0 Å². The molecule has 5 N–H and O–H groups in total. The fraction of sp³-hybridized carbons (Fsp3) is 0.154. The van der Waals surface area contributed by atoms with Crippen molar-refractivity contribution >= 4 is 17.9 Å². The van der Waals surface area contributed by atoms with Gasteiger partial charge in [0, 0.05) is 6.08 Å². The van der Waals surface area contributed by atoms with E-state index in [2.05, 4.69) is 6.58 Å². The molecule has 1 aromatic rings. The number of aliphatic hydroxyl groups is 2. The van der Waals surface area contributed by atoms with Gasteiger partial charge in [0.15, 0.2) is 0 Å². The third-order valence-corrected chi connectivity index (χ3v) is 1.65. The van der Waals surface area contributed by atoms with Gasteiger partial charge in [-0.2, -0.15) is 0 Å². The molecule has 0 aliphatic rings. The normalized spacial score (nSPS) is 8.29. The Balaban J connectivity index is 0. The number of carboxylic acid groups (broad SMARTS) is 3. The van der Waals surface area contributed by atoms with Gasteiger partial charge < -0.3 is 25.5 Å². The highest BCUT2D eigenvalue weighted by atomic mass is 16.4. The minimum absolute atomic E-state index is 0.0833. The van der Waals surface area contributed by atoms with E-state index in [4.69, 9.17) is 25.5 Å². The van der Waals surface area contributed by atoms with Crippen LogP contribution in [0.2, 0.25) is 0 Å². The van der Waals surface area contributed by atoms with Gasteiger partial charge in [-0.25, -0.2) is 14.4 Å². The van der Waals surface area contributed by atoms with Crippen molar-refractivity contribution in [1.29, 1.82) is 0 Å². The molecule has 0 bridgehead atoms. The summed E-state index contributed by atoms with van der Waals surface area (Å²) < 4.78 is 0. The second-order valence-electron chi connectivity index (χ2n) is 3.18. The van der Waals surface area contributed by atoms with Gasteiger partial charge in [-0.1, -0.05) is 6.58 Å². The van der Waals surface area contributed by atoms with Crippen molar-refractivity contribution in [3.63, 3.8) is 0 Å². The molecule has 0 aliphatic heterocycles. The van der Waals surface area contributed by atoms with Crippen molar-refractivity contribution in [2.75, 3.05) is 13.2 Å². The van der Waals surface area contributed by atoms with Crippen molar-refractivity contribution < 1.29 is 39.9 Å².